The number of ether oxygens (including phenoxy) is 2. The molecular weight excluding hydrogens is 368 g/mol. The van der Waals surface area contributed by atoms with Crippen LogP contribution in [0.5, 0.6) is 0 Å². The summed E-state index contributed by atoms with van der Waals surface area (Å²) >= 11 is 1.49. The van der Waals surface area contributed by atoms with E-state index in [4.69, 9.17) is 9.47 Å². The first kappa shape index (κ1) is 18.0. The summed E-state index contributed by atoms with van der Waals surface area (Å²) in [6, 6.07) is 5.62. The van der Waals surface area contributed by atoms with Gasteiger partial charge in [-0.3, -0.25) is 14.8 Å². The van der Waals surface area contributed by atoms with Crippen LogP contribution in [0.15, 0.2) is 23.6 Å². The molecule has 0 bridgehead atoms. The first-order valence-electron chi connectivity index (χ1n) is 9.06. The summed E-state index contributed by atoms with van der Waals surface area (Å²) in [7, 11) is 1.71. The Kier molecular flexibility index (Phi) is 5.13. The van der Waals surface area contributed by atoms with E-state index in [1.807, 2.05) is 23.6 Å². The van der Waals surface area contributed by atoms with E-state index < -0.39 is 0 Å². The van der Waals surface area contributed by atoms with E-state index in [-0.39, 0.29) is 30.1 Å². The van der Waals surface area contributed by atoms with Crippen LogP contribution in [0.3, 0.4) is 0 Å². The second kappa shape index (κ2) is 7.69. The molecule has 2 amide bonds. The quantitative estimate of drug-likeness (QED) is 0.818. The van der Waals surface area contributed by atoms with Crippen LogP contribution in [-0.2, 0) is 14.3 Å². The van der Waals surface area contributed by atoms with E-state index in [0.29, 0.717) is 12.4 Å². The third-order valence-electron chi connectivity index (χ3n) is 4.97. The second-order valence-electron chi connectivity index (χ2n) is 6.88. The minimum atomic E-state index is -0.371. The van der Waals surface area contributed by atoms with E-state index >= 15 is 0 Å². The Labute approximate surface area is 160 Å². The highest BCUT2D eigenvalue weighted by atomic mass is 32.1. The number of nitrogens with zero attached hydrogens (tertiary/aromatic N) is 2. The molecule has 144 valence electrons. The Bertz CT molecular complexity index is 794. The average molecular weight is 390 g/mol. The van der Waals surface area contributed by atoms with Crippen molar-refractivity contribution in [3.8, 4) is 0 Å². The number of amides is 2. The van der Waals surface area contributed by atoms with Gasteiger partial charge >= 0.3 is 6.09 Å². The maximum atomic E-state index is 12.2. The lowest BCUT2D eigenvalue weighted by molar-refractivity contribution is -0.124. The molecule has 9 heteroatoms. The van der Waals surface area contributed by atoms with Gasteiger partial charge in [0, 0.05) is 25.6 Å². The first-order valence-corrected chi connectivity index (χ1v) is 9.93. The first-order chi connectivity index (χ1) is 13.1. The fourth-order valence-corrected chi connectivity index (χ4v) is 3.97. The molecule has 27 heavy (non-hydrogen) atoms. The molecule has 1 saturated heterocycles. The number of hydrogen-bond donors (Lipinski definition) is 2. The molecule has 0 spiro atoms. The second-order valence-corrected chi connectivity index (χ2v) is 7.81. The largest absolute Gasteiger partial charge is 0.446 e. The molecule has 0 radical (unpaired) electrons. The number of hydrogen-bond acceptors (Lipinski definition) is 6. The summed E-state index contributed by atoms with van der Waals surface area (Å²) in [5, 5.41) is 12.7. The van der Waals surface area contributed by atoms with Crippen LogP contribution >= 0.6 is 11.3 Å². The lowest BCUT2D eigenvalue weighted by atomic mass is 9.80. The number of carbonyl (C=O) groups is 2. The molecular formula is C18H22N4O4S. The van der Waals surface area contributed by atoms with E-state index in [9.17, 15) is 9.59 Å². The summed E-state index contributed by atoms with van der Waals surface area (Å²) in [6.45, 7) is 0.635. The number of anilines is 2. The molecule has 1 aliphatic heterocycles. The van der Waals surface area contributed by atoms with Crippen molar-refractivity contribution in [1.29, 1.82) is 0 Å². The highest BCUT2D eigenvalue weighted by Gasteiger charge is 2.36. The molecule has 3 heterocycles. The summed E-state index contributed by atoms with van der Waals surface area (Å²) in [6.07, 6.45) is 2.31. The van der Waals surface area contributed by atoms with Crippen LogP contribution in [0.2, 0.25) is 0 Å². The Morgan fingerprint density at radius 2 is 2.30 bits per heavy atom. The molecule has 2 N–H and O–H groups in total. The number of nitrogens with one attached hydrogen (secondary N) is 2. The smallest absolute Gasteiger partial charge is 0.414 e. The number of aromatic amines is 1. The van der Waals surface area contributed by atoms with Gasteiger partial charge in [0.2, 0.25) is 0 Å². The topological polar surface area (TPSA) is 96.5 Å². The van der Waals surface area contributed by atoms with Crippen LogP contribution in [0.4, 0.5) is 15.6 Å². The number of thiophene rings is 1. The highest BCUT2D eigenvalue weighted by Crippen LogP contribution is 2.39. The van der Waals surface area contributed by atoms with Crippen LogP contribution in [-0.4, -0.2) is 48.1 Å². The summed E-state index contributed by atoms with van der Waals surface area (Å²) in [5.74, 6) is 0.655. The van der Waals surface area contributed by atoms with E-state index in [0.717, 1.165) is 36.4 Å². The van der Waals surface area contributed by atoms with Crippen molar-refractivity contribution in [2.45, 2.75) is 43.8 Å². The summed E-state index contributed by atoms with van der Waals surface area (Å²) in [5.41, 5.74) is 0.872. The van der Waals surface area contributed by atoms with E-state index in [2.05, 4.69) is 15.5 Å². The van der Waals surface area contributed by atoms with Crippen molar-refractivity contribution in [3.63, 3.8) is 0 Å². The Balaban J connectivity index is 1.24. The van der Waals surface area contributed by atoms with Gasteiger partial charge in [-0.1, -0.05) is 0 Å². The minimum Gasteiger partial charge on any atom is -0.446 e. The molecule has 2 aliphatic rings. The number of H-pyrrole nitrogens is 1. The van der Waals surface area contributed by atoms with Gasteiger partial charge in [-0.05, 0) is 43.2 Å². The van der Waals surface area contributed by atoms with Crippen molar-refractivity contribution < 1.29 is 19.1 Å². The predicted molar refractivity (Wildman–Crippen MR) is 101 cm³/mol. The number of aromatic nitrogens is 2. The van der Waals surface area contributed by atoms with Gasteiger partial charge < -0.3 is 14.8 Å². The zero-order chi connectivity index (χ0) is 18.8. The van der Waals surface area contributed by atoms with Gasteiger partial charge in [0.15, 0.2) is 0 Å². The third-order valence-corrected chi connectivity index (χ3v) is 5.91. The van der Waals surface area contributed by atoms with Crippen molar-refractivity contribution in [2.24, 2.45) is 0 Å². The van der Waals surface area contributed by atoms with Crippen LogP contribution < -0.4 is 10.2 Å². The standard InChI is InChI=1S/C18H22N4O4S/c1-22(16-5-3-7-27-16)18(24)26-12-8-11(9-12)13-10-15(21-20-13)19-17(23)14-4-2-6-25-14/h3,5,7,10-12,14H,2,4,6,8-9H2,1H3,(H2,19,20,21,23)/t11?,12?,14-/m1/s1. The number of carbonyl (C=O) groups excluding carboxylic acids is 2. The lowest BCUT2D eigenvalue weighted by Crippen LogP contribution is -2.37. The fraction of sp³-hybridized carbons (Fsp3) is 0.500. The number of rotatable bonds is 5. The molecule has 2 fully saturated rings. The van der Waals surface area contributed by atoms with Gasteiger partial charge in [-0.15, -0.1) is 11.3 Å². The third kappa shape index (κ3) is 3.98. The van der Waals surface area contributed by atoms with Crippen LogP contribution in [0.25, 0.3) is 0 Å². The molecule has 4 rings (SSSR count). The van der Waals surface area contributed by atoms with Gasteiger partial charge in [0.05, 0.1) is 5.69 Å². The molecule has 1 saturated carbocycles. The summed E-state index contributed by atoms with van der Waals surface area (Å²) < 4.78 is 10.9. The molecule has 1 aliphatic carbocycles. The van der Waals surface area contributed by atoms with Gasteiger partial charge in [-0.25, -0.2) is 4.79 Å². The maximum Gasteiger partial charge on any atom is 0.414 e. The van der Waals surface area contributed by atoms with Crippen LogP contribution in [0.1, 0.15) is 37.3 Å². The molecule has 2 aromatic heterocycles. The predicted octanol–water partition coefficient (Wildman–Crippen LogP) is 3.11. The van der Waals surface area contributed by atoms with Crippen molar-refractivity contribution >= 4 is 34.2 Å². The fourth-order valence-electron chi connectivity index (χ4n) is 3.28. The van der Waals surface area contributed by atoms with Crippen molar-refractivity contribution in [3.05, 3.63) is 29.3 Å². The van der Waals surface area contributed by atoms with Gasteiger partial charge in [0.1, 0.15) is 23.0 Å². The summed E-state index contributed by atoms with van der Waals surface area (Å²) in [4.78, 5) is 25.8. The Morgan fingerprint density at radius 3 is 3.00 bits per heavy atom. The van der Waals surface area contributed by atoms with Crippen molar-refractivity contribution in [2.75, 3.05) is 23.9 Å². The SMILES string of the molecule is CN(C(=O)OC1CC(c2cc(NC(=O)[C@H]3CCCO3)[nH]n2)C1)c1cccs1. The normalized spacial score (nSPS) is 24.3. The Hall–Kier alpha value is -2.39. The van der Waals surface area contributed by atoms with E-state index in [1.165, 1.54) is 16.2 Å². The molecule has 2 aromatic rings. The molecule has 0 aromatic carbocycles. The lowest BCUT2D eigenvalue weighted by Gasteiger charge is -2.34. The Morgan fingerprint density at radius 1 is 1.44 bits per heavy atom. The minimum absolute atomic E-state index is 0.105. The van der Waals surface area contributed by atoms with Gasteiger partial charge in [0.25, 0.3) is 5.91 Å². The van der Waals surface area contributed by atoms with Crippen LogP contribution in [0, 0.1) is 0 Å². The average Bonchev–Trinajstić information content (AvgIpc) is 3.39. The maximum absolute atomic E-state index is 12.2. The van der Waals surface area contributed by atoms with Crippen molar-refractivity contribution in [1.82, 2.24) is 10.2 Å². The zero-order valence-corrected chi connectivity index (χ0v) is 15.8. The van der Waals surface area contributed by atoms with E-state index in [1.54, 1.807) is 7.05 Å². The zero-order valence-electron chi connectivity index (χ0n) is 15.0. The molecule has 0 unspecified atom stereocenters. The molecule has 1 atom stereocenters. The monoisotopic (exact) mass is 390 g/mol. The van der Waals surface area contributed by atoms with Gasteiger partial charge in [-0.2, -0.15) is 5.10 Å². The highest BCUT2D eigenvalue weighted by molar-refractivity contribution is 7.14. The molecule has 8 nitrogen and oxygen atoms in total.